The third kappa shape index (κ3) is 5.74. The maximum absolute atomic E-state index is 13.2. The molecule has 0 atom stereocenters. The lowest BCUT2D eigenvalue weighted by molar-refractivity contribution is 0.180. The number of aryl methyl sites for hydroxylation is 1. The van der Waals surface area contributed by atoms with Gasteiger partial charge < -0.3 is 18.9 Å². The number of carbonyl (C=O) groups is 2. The maximum atomic E-state index is 13.2. The summed E-state index contributed by atoms with van der Waals surface area (Å²) in [5.41, 5.74) is 3.65. The van der Waals surface area contributed by atoms with E-state index in [1.807, 2.05) is 37.3 Å². The highest BCUT2D eigenvalue weighted by atomic mass is 32.2. The van der Waals surface area contributed by atoms with Crippen LogP contribution in [0.15, 0.2) is 94.7 Å². The highest BCUT2D eigenvalue weighted by molar-refractivity contribution is 7.91. The molecule has 2 fully saturated rings. The number of amides is 2. The van der Waals surface area contributed by atoms with E-state index in [0.29, 0.717) is 42.6 Å². The molecule has 0 bridgehead atoms. The lowest BCUT2D eigenvalue weighted by Gasteiger charge is -2.30. The van der Waals surface area contributed by atoms with Gasteiger partial charge in [-0.15, -0.1) is 0 Å². The Kier molecular flexibility index (Phi) is 8.11. The number of benzene rings is 4. The Hall–Kier alpha value is -5.03. The fourth-order valence-corrected chi connectivity index (χ4v) is 6.85. The van der Waals surface area contributed by atoms with Gasteiger partial charge in [0, 0.05) is 5.41 Å². The molecule has 0 N–H and O–H groups in total. The Morgan fingerprint density at radius 3 is 1.72 bits per heavy atom. The molecule has 0 spiro atoms. The largest absolute Gasteiger partial charge is 0.497 e. The van der Waals surface area contributed by atoms with E-state index in [1.54, 1.807) is 35.2 Å². The molecule has 4 aromatic rings. The van der Waals surface area contributed by atoms with Gasteiger partial charge in [0.05, 0.1) is 41.4 Å². The van der Waals surface area contributed by atoms with Gasteiger partial charge in [-0.25, -0.2) is 18.0 Å². The van der Waals surface area contributed by atoms with Crippen LogP contribution in [0.2, 0.25) is 0 Å². The molecule has 0 aliphatic carbocycles. The van der Waals surface area contributed by atoms with E-state index in [4.69, 9.17) is 18.9 Å². The van der Waals surface area contributed by atoms with E-state index >= 15 is 0 Å². The summed E-state index contributed by atoms with van der Waals surface area (Å²) in [6.45, 7) is 7.55. The number of cyclic esters (lactones) is 2. The van der Waals surface area contributed by atoms with Gasteiger partial charge in [0.25, 0.3) is 0 Å². The van der Waals surface area contributed by atoms with Gasteiger partial charge in [-0.3, -0.25) is 9.80 Å². The second-order valence-electron chi connectivity index (χ2n) is 11.6. The molecular weight excluding hydrogens is 608 g/mol. The van der Waals surface area contributed by atoms with Crippen LogP contribution in [0.4, 0.5) is 21.0 Å². The smallest absolute Gasteiger partial charge is 0.414 e. The van der Waals surface area contributed by atoms with Crippen molar-refractivity contribution < 1.29 is 37.0 Å². The second-order valence-corrected chi connectivity index (χ2v) is 13.5. The van der Waals surface area contributed by atoms with Crippen molar-refractivity contribution in [3.05, 3.63) is 102 Å². The number of ether oxygens (including phenoxy) is 4. The predicted molar refractivity (Wildman–Crippen MR) is 172 cm³/mol. The number of hydrogen-bond acceptors (Lipinski definition) is 8. The molecular formula is C35H34N2O8S. The SMILES string of the molecule is COc1ccc(S(=O)(=O)c2ccc(Oc3ccc(C(C)(C)c4ccc(C)c(N5CCOC5=O)c4)cc3N3CCOC3=O)cc2)cc1. The van der Waals surface area contributed by atoms with Crippen molar-refractivity contribution in [1.82, 2.24) is 0 Å². The van der Waals surface area contributed by atoms with Crippen LogP contribution in [0.5, 0.6) is 17.2 Å². The molecule has 2 heterocycles. The van der Waals surface area contributed by atoms with Crippen LogP contribution in [0.1, 0.15) is 30.5 Å². The van der Waals surface area contributed by atoms with E-state index < -0.39 is 21.3 Å². The van der Waals surface area contributed by atoms with E-state index in [0.717, 1.165) is 22.4 Å². The molecule has 0 radical (unpaired) electrons. The van der Waals surface area contributed by atoms with E-state index in [9.17, 15) is 18.0 Å². The molecule has 0 unspecified atom stereocenters. The van der Waals surface area contributed by atoms with Crippen LogP contribution < -0.4 is 19.3 Å². The summed E-state index contributed by atoms with van der Waals surface area (Å²) >= 11 is 0. The van der Waals surface area contributed by atoms with Gasteiger partial charge in [0.1, 0.15) is 24.7 Å². The first kappa shape index (κ1) is 31.0. The summed E-state index contributed by atoms with van der Waals surface area (Å²) in [4.78, 5) is 28.5. The summed E-state index contributed by atoms with van der Waals surface area (Å²) in [5, 5.41) is 0. The summed E-state index contributed by atoms with van der Waals surface area (Å²) in [7, 11) is -2.24. The molecule has 0 saturated carbocycles. The predicted octanol–water partition coefficient (Wildman–Crippen LogP) is 6.87. The first-order valence-electron chi connectivity index (χ1n) is 14.8. The molecule has 2 saturated heterocycles. The van der Waals surface area contributed by atoms with Crippen LogP contribution in [-0.2, 0) is 24.7 Å². The molecule has 11 heteroatoms. The summed E-state index contributed by atoms with van der Waals surface area (Å²) in [6, 6.07) is 24.0. The third-order valence-electron chi connectivity index (χ3n) is 8.45. The Balaban J connectivity index is 1.31. The third-order valence-corrected chi connectivity index (χ3v) is 10.2. The zero-order valence-electron chi connectivity index (χ0n) is 26.0. The van der Waals surface area contributed by atoms with Gasteiger partial charge in [-0.05, 0) is 90.3 Å². The zero-order chi connectivity index (χ0) is 32.6. The highest BCUT2D eigenvalue weighted by Gasteiger charge is 2.32. The van der Waals surface area contributed by atoms with Crippen molar-refractivity contribution in [2.24, 2.45) is 0 Å². The van der Waals surface area contributed by atoms with Crippen LogP contribution in [0, 0.1) is 6.92 Å². The fourth-order valence-electron chi connectivity index (χ4n) is 5.59. The molecule has 2 amide bonds. The number of hydrogen-bond donors (Lipinski definition) is 0. The minimum absolute atomic E-state index is 0.116. The van der Waals surface area contributed by atoms with Gasteiger partial charge in [0.2, 0.25) is 9.84 Å². The number of methoxy groups -OCH3 is 1. The molecule has 4 aromatic carbocycles. The van der Waals surface area contributed by atoms with E-state index in [-0.39, 0.29) is 22.5 Å². The molecule has 6 rings (SSSR count). The number of nitrogens with zero attached hydrogens (tertiary/aromatic N) is 2. The van der Waals surface area contributed by atoms with Crippen molar-refractivity contribution in [3.8, 4) is 17.2 Å². The van der Waals surface area contributed by atoms with E-state index in [2.05, 4.69) is 13.8 Å². The number of sulfone groups is 1. The molecule has 46 heavy (non-hydrogen) atoms. The summed E-state index contributed by atoms with van der Waals surface area (Å²) in [6.07, 6.45) is -0.841. The minimum atomic E-state index is -3.75. The fraction of sp³-hybridized carbons (Fsp3) is 0.257. The van der Waals surface area contributed by atoms with Crippen molar-refractivity contribution in [2.45, 2.75) is 36.0 Å². The molecule has 2 aliphatic heterocycles. The molecule has 0 aromatic heterocycles. The average Bonchev–Trinajstić information content (AvgIpc) is 3.69. The van der Waals surface area contributed by atoms with E-state index in [1.165, 1.54) is 36.3 Å². The Morgan fingerprint density at radius 1 is 0.696 bits per heavy atom. The van der Waals surface area contributed by atoms with Crippen LogP contribution >= 0.6 is 0 Å². The van der Waals surface area contributed by atoms with Crippen LogP contribution in [0.3, 0.4) is 0 Å². The Labute approximate surface area is 268 Å². The first-order valence-corrected chi connectivity index (χ1v) is 16.3. The van der Waals surface area contributed by atoms with Crippen molar-refractivity contribution in [2.75, 3.05) is 43.2 Å². The summed E-state index contributed by atoms with van der Waals surface area (Å²) in [5.74, 6) is 1.37. The topological polar surface area (TPSA) is 112 Å². The standard InChI is InChI=1S/C35H34N2O8S/c1-23-5-6-24(21-30(23)36-17-19-43-33(36)38)35(2,3)25-7-16-32(31(22-25)37-18-20-44-34(37)39)45-27-10-14-29(15-11-27)46(40,41)28-12-8-26(42-4)9-13-28/h5-16,21-22H,17-20H2,1-4H3. The second kappa shape index (κ2) is 12.1. The molecule has 10 nitrogen and oxygen atoms in total. The Bertz CT molecular complexity index is 1900. The number of rotatable bonds is 9. The lowest BCUT2D eigenvalue weighted by atomic mass is 9.77. The molecule has 238 valence electrons. The Morgan fingerprint density at radius 2 is 1.20 bits per heavy atom. The normalized spacial score (nSPS) is 15.1. The maximum Gasteiger partial charge on any atom is 0.414 e. The first-order chi connectivity index (χ1) is 22.0. The van der Waals surface area contributed by atoms with Crippen LogP contribution in [0.25, 0.3) is 0 Å². The van der Waals surface area contributed by atoms with Crippen molar-refractivity contribution >= 4 is 33.4 Å². The quantitative estimate of drug-likeness (QED) is 0.195. The van der Waals surface area contributed by atoms with Gasteiger partial charge in [0.15, 0.2) is 5.75 Å². The van der Waals surface area contributed by atoms with Gasteiger partial charge in [-0.2, -0.15) is 0 Å². The average molecular weight is 643 g/mol. The van der Waals surface area contributed by atoms with Gasteiger partial charge >= 0.3 is 12.2 Å². The molecule has 2 aliphatic rings. The number of carbonyl (C=O) groups excluding carboxylic acids is 2. The van der Waals surface area contributed by atoms with Crippen molar-refractivity contribution in [3.63, 3.8) is 0 Å². The summed E-state index contributed by atoms with van der Waals surface area (Å²) < 4.78 is 48.2. The van der Waals surface area contributed by atoms with Crippen molar-refractivity contribution in [1.29, 1.82) is 0 Å². The van der Waals surface area contributed by atoms with Crippen LogP contribution in [-0.4, -0.2) is 54.0 Å². The minimum Gasteiger partial charge on any atom is -0.497 e. The monoisotopic (exact) mass is 642 g/mol. The zero-order valence-corrected chi connectivity index (χ0v) is 26.8. The highest BCUT2D eigenvalue weighted by Crippen LogP contribution is 2.41. The number of anilines is 2. The van der Waals surface area contributed by atoms with Gasteiger partial charge in [-0.1, -0.05) is 32.0 Å². The lowest BCUT2D eigenvalue weighted by Crippen LogP contribution is -2.27.